The van der Waals surface area contributed by atoms with Crippen molar-refractivity contribution in [2.24, 2.45) is 0 Å². The SMILES string of the molecule is CCn1c(SCC(=O)Nc2cccc(SC)c2)nc2sc(C)c(C)c2c1=O. The first-order chi connectivity index (χ1) is 12.9. The van der Waals surface area contributed by atoms with E-state index in [1.54, 1.807) is 16.3 Å². The molecule has 1 amide bonds. The van der Waals surface area contributed by atoms with E-state index in [4.69, 9.17) is 0 Å². The number of aryl methyl sites for hydroxylation is 2. The van der Waals surface area contributed by atoms with Gasteiger partial charge in [0, 0.05) is 22.0 Å². The maximum Gasteiger partial charge on any atom is 0.263 e. The van der Waals surface area contributed by atoms with Crippen LogP contribution < -0.4 is 10.9 Å². The first-order valence-corrected chi connectivity index (χ1v) is 11.5. The number of thiophene rings is 1. The monoisotopic (exact) mass is 419 g/mol. The number of fused-ring (bicyclic) bond motifs is 1. The van der Waals surface area contributed by atoms with Crippen LogP contribution in [-0.2, 0) is 11.3 Å². The van der Waals surface area contributed by atoms with Crippen molar-refractivity contribution in [3.8, 4) is 0 Å². The van der Waals surface area contributed by atoms with Crippen molar-refractivity contribution in [2.45, 2.75) is 37.4 Å². The summed E-state index contributed by atoms with van der Waals surface area (Å²) < 4.78 is 1.65. The highest BCUT2D eigenvalue weighted by molar-refractivity contribution is 7.99. The van der Waals surface area contributed by atoms with Gasteiger partial charge in [-0.2, -0.15) is 0 Å². The third kappa shape index (κ3) is 4.23. The molecule has 0 spiro atoms. The maximum atomic E-state index is 12.8. The van der Waals surface area contributed by atoms with Crippen LogP contribution in [0.5, 0.6) is 0 Å². The summed E-state index contributed by atoms with van der Waals surface area (Å²) in [5, 5.41) is 4.19. The summed E-state index contributed by atoms with van der Waals surface area (Å²) in [5.41, 5.74) is 1.74. The van der Waals surface area contributed by atoms with Crippen molar-refractivity contribution >= 4 is 56.7 Å². The number of thioether (sulfide) groups is 2. The Morgan fingerprint density at radius 2 is 2.11 bits per heavy atom. The number of rotatable bonds is 6. The normalized spacial score (nSPS) is 11.1. The molecular formula is C19H21N3O2S3. The number of amides is 1. The summed E-state index contributed by atoms with van der Waals surface area (Å²) in [7, 11) is 0. The fourth-order valence-electron chi connectivity index (χ4n) is 2.73. The number of benzene rings is 1. The van der Waals surface area contributed by atoms with E-state index in [2.05, 4.69) is 10.3 Å². The molecule has 0 saturated heterocycles. The molecule has 1 N–H and O–H groups in total. The Labute approximate surface area is 170 Å². The number of hydrogen-bond acceptors (Lipinski definition) is 6. The molecule has 1 aromatic carbocycles. The van der Waals surface area contributed by atoms with E-state index in [1.807, 2.05) is 51.3 Å². The van der Waals surface area contributed by atoms with Crippen LogP contribution in [0.4, 0.5) is 5.69 Å². The molecule has 0 saturated carbocycles. The van der Waals surface area contributed by atoms with Crippen molar-refractivity contribution in [1.29, 1.82) is 0 Å². The lowest BCUT2D eigenvalue weighted by Gasteiger charge is -2.10. The molecule has 0 unspecified atom stereocenters. The van der Waals surface area contributed by atoms with Crippen LogP contribution in [0.3, 0.4) is 0 Å². The molecule has 3 rings (SSSR count). The predicted molar refractivity (Wildman–Crippen MR) is 117 cm³/mol. The zero-order chi connectivity index (χ0) is 19.6. The zero-order valence-corrected chi connectivity index (χ0v) is 18.1. The average Bonchev–Trinajstić information content (AvgIpc) is 2.94. The van der Waals surface area contributed by atoms with Crippen LogP contribution in [0.15, 0.2) is 39.1 Å². The molecule has 0 fully saturated rings. The molecule has 3 aromatic rings. The number of aromatic nitrogens is 2. The first-order valence-electron chi connectivity index (χ1n) is 8.51. The molecule has 2 heterocycles. The summed E-state index contributed by atoms with van der Waals surface area (Å²) in [5.74, 6) is 0.0823. The van der Waals surface area contributed by atoms with Gasteiger partial charge in [-0.25, -0.2) is 4.98 Å². The quantitative estimate of drug-likeness (QED) is 0.469. The van der Waals surface area contributed by atoms with E-state index in [0.717, 1.165) is 25.9 Å². The van der Waals surface area contributed by atoms with Gasteiger partial charge in [-0.1, -0.05) is 17.8 Å². The highest BCUT2D eigenvalue weighted by Gasteiger charge is 2.17. The van der Waals surface area contributed by atoms with Gasteiger partial charge in [-0.15, -0.1) is 23.1 Å². The predicted octanol–water partition coefficient (Wildman–Crippen LogP) is 4.55. The number of nitrogens with one attached hydrogen (secondary N) is 1. The van der Waals surface area contributed by atoms with Crippen LogP contribution in [0.1, 0.15) is 17.4 Å². The molecule has 27 heavy (non-hydrogen) atoms. The highest BCUT2D eigenvalue weighted by Crippen LogP contribution is 2.28. The summed E-state index contributed by atoms with van der Waals surface area (Å²) in [4.78, 5) is 32.8. The molecule has 0 aliphatic rings. The first kappa shape index (κ1) is 20.0. The molecule has 0 atom stereocenters. The van der Waals surface area contributed by atoms with Crippen molar-refractivity contribution < 1.29 is 4.79 Å². The van der Waals surface area contributed by atoms with Gasteiger partial charge in [-0.05, 0) is 50.8 Å². The van der Waals surface area contributed by atoms with E-state index in [0.29, 0.717) is 17.1 Å². The smallest absolute Gasteiger partial charge is 0.263 e. The minimum absolute atomic E-state index is 0.0278. The number of nitrogens with zero attached hydrogens (tertiary/aromatic N) is 2. The van der Waals surface area contributed by atoms with Crippen molar-refractivity contribution in [2.75, 3.05) is 17.3 Å². The van der Waals surface area contributed by atoms with Crippen molar-refractivity contribution in [3.63, 3.8) is 0 Å². The molecule has 5 nitrogen and oxygen atoms in total. The molecule has 0 aliphatic carbocycles. The fourth-order valence-corrected chi connectivity index (χ4v) is 5.12. The molecule has 2 aromatic heterocycles. The lowest BCUT2D eigenvalue weighted by atomic mass is 10.2. The molecule has 8 heteroatoms. The van der Waals surface area contributed by atoms with Gasteiger partial charge in [-0.3, -0.25) is 14.2 Å². The molecular weight excluding hydrogens is 398 g/mol. The number of anilines is 1. The van der Waals surface area contributed by atoms with E-state index < -0.39 is 0 Å². The van der Waals surface area contributed by atoms with Crippen LogP contribution in [0.2, 0.25) is 0 Å². The van der Waals surface area contributed by atoms with E-state index in [1.165, 1.54) is 23.1 Å². The van der Waals surface area contributed by atoms with Crippen molar-refractivity contribution in [1.82, 2.24) is 9.55 Å². The summed E-state index contributed by atoms with van der Waals surface area (Å²) in [6, 6.07) is 7.72. The average molecular weight is 420 g/mol. The second kappa shape index (κ2) is 8.50. The zero-order valence-electron chi connectivity index (χ0n) is 15.7. The van der Waals surface area contributed by atoms with Crippen LogP contribution in [0, 0.1) is 13.8 Å². The largest absolute Gasteiger partial charge is 0.325 e. The van der Waals surface area contributed by atoms with Gasteiger partial charge >= 0.3 is 0 Å². The lowest BCUT2D eigenvalue weighted by molar-refractivity contribution is -0.113. The van der Waals surface area contributed by atoms with E-state index in [9.17, 15) is 9.59 Å². The Balaban J connectivity index is 1.80. The molecule has 0 aliphatic heterocycles. The van der Waals surface area contributed by atoms with Gasteiger partial charge < -0.3 is 5.32 Å². The minimum Gasteiger partial charge on any atom is -0.325 e. The maximum absolute atomic E-state index is 12.8. The molecule has 0 bridgehead atoms. The second-order valence-corrected chi connectivity index (χ2v) is 9.00. The Morgan fingerprint density at radius 1 is 1.33 bits per heavy atom. The molecule has 0 radical (unpaired) electrons. The Bertz CT molecular complexity index is 1060. The van der Waals surface area contributed by atoms with Gasteiger partial charge in [0.05, 0.1) is 11.1 Å². The summed E-state index contributed by atoms with van der Waals surface area (Å²) in [6.45, 7) is 6.40. The summed E-state index contributed by atoms with van der Waals surface area (Å²) >= 11 is 4.45. The lowest BCUT2D eigenvalue weighted by Crippen LogP contribution is -2.23. The van der Waals surface area contributed by atoms with Crippen LogP contribution in [0.25, 0.3) is 10.2 Å². The Hall–Kier alpha value is -1.77. The van der Waals surface area contributed by atoms with Gasteiger partial charge in [0.2, 0.25) is 5.91 Å². The van der Waals surface area contributed by atoms with Crippen molar-refractivity contribution in [3.05, 3.63) is 45.1 Å². The molecule has 142 valence electrons. The summed E-state index contributed by atoms with van der Waals surface area (Å²) in [6.07, 6.45) is 2.00. The van der Waals surface area contributed by atoms with E-state index >= 15 is 0 Å². The van der Waals surface area contributed by atoms with Gasteiger partial charge in [0.1, 0.15) is 4.83 Å². The topological polar surface area (TPSA) is 64.0 Å². The van der Waals surface area contributed by atoms with Gasteiger partial charge in [0.25, 0.3) is 5.56 Å². The van der Waals surface area contributed by atoms with Crippen LogP contribution in [-0.4, -0.2) is 27.5 Å². The van der Waals surface area contributed by atoms with Gasteiger partial charge in [0.15, 0.2) is 5.16 Å². The second-order valence-electron chi connectivity index (χ2n) is 5.98. The minimum atomic E-state index is -0.117. The van der Waals surface area contributed by atoms with E-state index in [-0.39, 0.29) is 17.2 Å². The number of carbonyl (C=O) groups is 1. The van der Waals surface area contributed by atoms with Crippen LogP contribution >= 0.6 is 34.9 Å². The Kier molecular flexibility index (Phi) is 6.29. The highest BCUT2D eigenvalue weighted by atomic mass is 32.2. The third-order valence-corrected chi connectivity index (χ3v) is 7.06. The fraction of sp³-hybridized carbons (Fsp3) is 0.316. The number of carbonyl (C=O) groups excluding carboxylic acids is 1. The standard InChI is InChI=1S/C19H21N3O2S3/c1-5-22-18(24)16-11(2)12(3)27-17(16)21-19(22)26-10-15(23)20-13-7-6-8-14(9-13)25-4/h6-9H,5,10H2,1-4H3,(H,20,23). The number of hydrogen-bond donors (Lipinski definition) is 1. The Morgan fingerprint density at radius 3 is 2.81 bits per heavy atom. The third-order valence-electron chi connectivity index (χ3n) is 4.26.